The first-order chi connectivity index (χ1) is 9.56. The Balaban J connectivity index is 2.31. The van der Waals surface area contributed by atoms with E-state index in [1.807, 2.05) is 30.3 Å². The summed E-state index contributed by atoms with van der Waals surface area (Å²) in [5.41, 5.74) is 5.62. The third-order valence-corrected chi connectivity index (χ3v) is 3.50. The smallest absolute Gasteiger partial charge is 0.292 e. The molecule has 0 unspecified atom stereocenters. The van der Waals surface area contributed by atoms with Crippen LogP contribution in [-0.2, 0) is 0 Å². The van der Waals surface area contributed by atoms with E-state index in [1.165, 1.54) is 17.8 Å². The van der Waals surface area contributed by atoms with Gasteiger partial charge in [-0.25, -0.2) is 0 Å². The Kier molecular flexibility index (Phi) is 4.54. The second kappa shape index (κ2) is 6.36. The summed E-state index contributed by atoms with van der Waals surface area (Å²) >= 11 is 6.24. The minimum Gasteiger partial charge on any atom is -0.376 e. The minimum atomic E-state index is -0.475. The van der Waals surface area contributed by atoms with Crippen LogP contribution in [0, 0.1) is 10.1 Å². The van der Waals surface area contributed by atoms with Gasteiger partial charge in [0.2, 0.25) is 0 Å². The molecule has 0 aliphatic rings. The Morgan fingerprint density at radius 1 is 1.20 bits per heavy atom. The Labute approximate surface area is 125 Å². The van der Waals surface area contributed by atoms with Crippen LogP contribution < -0.4 is 11.1 Å². The first-order valence-electron chi connectivity index (χ1n) is 5.64. The normalized spacial score (nSPS) is 10.0. The Hall–Kier alpha value is -2.12. The van der Waals surface area contributed by atoms with Crippen LogP contribution in [0.25, 0.3) is 0 Å². The van der Waals surface area contributed by atoms with Gasteiger partial charge in [0.15, 0.2) is 5.11 Å². The van der Waals surface area contributed by atoms with Crippen molar-refractivity contribution in [1.82, 2.24) is 0 Å². The molecule has 2 aromatic carbocycles. The fraction of sp³-hybridized carbons (Fsp3) is 0. The molecule has 20 heavy (non-hydrogen) atoms. The van der Waals surface area contributed by atoms with E-state index in [-0.39, 0.29) is 10.8 Å². The average Bonchev–Trinajstić information content (AvgIpc) is 2.39. The van der Waals surface area contributed by atoms with Gasteiger partial charge in [-0.2, -0.15) is 0 Å². The standard InChI is InChI=1S/C13H11N3O2S2/c14-13(19)15-11-8-10(6-7-12(11)16(17)18)20-9-4-2-1-3-5-9/h1-8H,(H3,14,15,19). The van der Waals surface area contributed by atoms with E-state index >= 15 is 0 Å². The largest absolute Gasteiger partial charge is 0.376 e. The Morgan fingerprint density at radius 3 is 2.50 bits per heavy atom. The third kappa shape index (κ3) is 3.69. The SMILES string of the molecule is NC(=S)Nc1cc(Sc2ccccc2)ccc1[N+](=O)[O-]. The molecule has 0 fully saturated rings. The summed E-state index contributed by atoms with van der Waals surface area (Å²) in [7, 11) is 0. The molecule has 7 heteroatoms. The van der Waals surface area contributed by atoms with Gasteiger partial charge in [0.25, 0.3) is 5.69 Å². The van der Waals surface area contributed by atoms with E-state index in [0.29, 0.717) is 5.69 Å². The van der Waals surface area contributed by atoms with Gasteiger partial charge in [0.05, 0.1) is 4.92 Å². The van der Waals surface area contributed by atoms with Gasteiger partial charge in [-0.1, -0.05) is 30.0 Å². The molecule has 5 nitrogen and oxygen atoms in total. The molecule has 0 atom stereocenters. The highest BCUT2D eigenvalue weighted by molar-refractivity contribution is 7.99. The summed E-state index contributed by atoms with van der Waals surface area (Å²) in [6.45, 7) is 0. The lowest BCUT2D eigenvalue weighted by Crippen LogP contribution is -2.19. The van der Waals surface area contributed by atoms with E-state index in [2.05, 4.69) is 5.32 Å². The zero-order valence-electron chi connectivity index (χ0n) is 10.3. The number of thiocarbonyl (C=S) groups is 1. The highest BCUT2D eigenvalue weighted by atomic mass is 32.2. The summed E-state index contributed by atoms with van der Waals surface area (Å²) in [5, 5.41) is 13.6. The van der Waals surface area contributed by atoms with Crippen LogP contribution in [0.1, 0.15) is 0 Å². The molecule has 0 heterocycles. The molecule has 2 rings (SSSR count). The highest BCUT2D eigenvalue weighted by Crippen LogP contribution is 2.33. The molecule has 0 spiro atoms. The zero-order valence-corrected chi connectivity index (χ0v) is 11.9. The first kappa shape index (κ1) is 14.3. The van der Waals surface area contributed by atoms with Gasteiger partial charge >= 0.3 is 0 Å². The topological polar surface area (TPSA) is 81.2 Å². The zero-order chi connectivity index (χ0) is 14.5. The summed E-state index contributed by atoms with van der Waals surface area (Å²) in [6.07, 6.45) is 0. The maximum Gasteiger partial charge on any atom is 0.292 e. The number of nitrogens with two attached hydrogens (primary N) is 1. The molecule has 0 aliphatic heterocycles. The number of nitrogens with one attached hydrogen (secondary N) is 1. The predicted octanol–water partition coefficient (Wildman–Crippen LogP) is 3.40. The molecule has 0 bridgehead atoms. The van der Waals surface area contributed by atoms with Crippen LogP contribution in [0.3, 0.4) is 0 Å². The predicted molar refractivity (Wildman–Crippen MR) is 84.1 cm³/mol. The van der Waals surface area contributed by atoms with Crippen LogP contribution in [0.4, 0.5) is 11.4 Å². The molecule has 3 N–H and O–H groups in total. The van der Waals surface area contributed by atoms with Gasteiger partial charge < -0.3 is 11.1 Å². The van der Waals surface area contributed by atoms with Crippen LogP contribution in [0.15, 0.2) is 58.3 Å². The van der Waals surface area contributed by atoms with Crippen molar-refractivity contribution < 1.29 is 4.92 Å². The van der Waals surface area contributed by atoms with Crippen molar-refractivity contribution in [3.63, 3.8) is 0 Å². The number of nitro benzene ring substituents is 1. The Morgan fingerprint density at radius 2 is 1.90 bits per heavy atom. The quantitative estimate of drug-likeness (QED) is 0.512. The Bertz CT molecular complexity index is 647. The first-order valence-corrected chi connectivity index (χ1v) is 6.86. The molecular formula is C13H11N3O2S2. The van der Waals surface area contributed by atoms with Crippen molar-refractivity contribution in [3.8, 4) is 0 Å². The van der Waals surface area contributed by atoms with E-state index < -0.39 is 4.92 Å². The number of nitro groups is 1. The molecule has 0 radical (unpaired) electrons. The van der Waals surface area contributed by atoms with Crippen molar-refractivity contribution in [1.29, 1.82) is 0 Å². The minimum absolute atomic E-state index is 0.00467. The van der Waals surface area contributed by atoms with Gasteiger partial charge in [0, 0.05) is 15.9 Å². The second-order valence-corrected chi connectivity index (χ2v) is 5.43. The molecule has 0 aliphatic carbocycles. The fourth-order valence-electron chi connectivity index (χ4n) is 1.60. The highest BCUT2D eigenvalue weighted by Gasteiger charge is 2.15. The summed E-state index contributed by atoms with van der Waals surface area (Å²) < 4.78 is 0. The van der Waals surface area contributed by atoms with Crippen molar-refractivity contribution in [2.75, 3.05) is 5.32 Å². The lowest BCUT2D eigenvalue weighted by atomic mass is 10.2. The molecule has 102 valence electrons. The van der Waals surface area contributed by atoms with E-state index in [4.69, 9.17) is 18.0 Å². The fourth-order valence-corrected chi connectivity index (χ4v) is 2.58. The van der Waals surface area contributed by atoms with Gasteiger partial charge in [-0.05, 0) is 36.5 Å². The van der Waals surface area contributed by atoms with E-state index in [1.54, 1.807) is 12.1 Å². The van der Waals surface area contributed by atoms with Gasteiger partial charge in [0.1, 0.15) is 5.69 Å². The van der Waals surface area contributed by atoms with Crippen molar-refractivity contribution >= 4 is 40.5 Å². The molecule has 0 saturated heterocycles. The lowest BCUT2D eigenvalue weighted by molar-refractivity contribution is -0.383. The maximum absolute atomic E-state index is 10.9. The van der Waals surface area contributed by atoms with Gasteiger partial charge in [-0.15, -0.1) is 0 Å². The maximum atomic E-state index is 10.9. The molecular weight excluding hydrogens is 294 g/mol. The van der Waals surface area contributed by atoms with E-state index in [9.17, 15) is 10.1 Å². The number of rotatable bonds is 4. The van der Waals surface area contributed by atoms with E-state index in [0.717, 1.165) is 9.79 Å². The summed E-state index contributed by atoms with van der Waals surface area (Å²) in [6, 6.07) is 14.5. The number of anilines is 1. The molecule has 0 amide bonds. The summed E-state index contributed by atoms with van der Waals surface area (Å²) in [5.74, 6) is 0. The number of hydrogen-bond acceptors (Lipinski definition) is 4. The van der Waals surface area contributed by atoms with Crippen molar-refractivity contribution in [2.45, 2.75) is 9.79 Å². The van der Waals surface area contributed by atoms with Crippen molar-refractivity contribution in [3.05, 3.63) is 58.6 Å². The second-order valence-electron chi connectivity index (χ2n) is 3.84. The monoisotopic (exact) mass is 305 g/mol. The van der Waals surface area contributed by atoms with Crippen LogP contribution >= 0.6 is 24.0 Å². The average molecular weight is 305 g/mol. The van der Waals surface area contributed by atoms with Crippen molar-refractivity contribution in [2.24, 2.45) is 5.73 Å². The molecule has 0 saturated carbocycles. The summed E-state index contributed by atoms with van der Waals surface area (Å²) in [4.78, 5) is 12.4. The lowest BCUT2D eigenvalue weighted by Gasteiger charge is -2.07. The number of hydrogen-bond donors (Lipinski definition) is 2. The van der Waals surface area contributed by atoms with Crippen LogP contribution in [0.2, 0.25) is 0 Å². The number of nitrogens with zero attached hydrogens (tertiary/aromatic N) is 1. The third-order valence-electron chi connectivity index (χ3n) is 2.40. The van der Waals surface area contributed by atoms with Crippen LogP contribution in [0.5, 0.6) is 0 Å². The molecule has 0 aromatic heterocycles. The molecule has 2 aromatic rings. The van der Waals surface area contributed by atoms with Crippen LogP contribution in [-0.4, -0.2) is 10.0 Å². The van der Waals surface area contributed by atoms with Gasteiger partial charge in [-0.3, -0.25) is 10.1 Å². The number of benzene rings is 2.